The monoisotopic (exact) mass is 388 g/mol. The van der Waals surface area contributed by atoms with Crippen molar-refractivity contribution in [2.75, 3.05) is 5.32 Å². The van der Waals surface area contributed by atoms with Crippen LogP contribution in [0, 0.1) is 0 Å². The van der Waals surface area contributed by atoms with Crippen molar-refractivity contribution in [3.8, 4) is 5.75 Å². The van der Waals surface area contributed by atoms with Gasteiger partial charge in [0.05, 0.1) is 20.8 Å². The van der Waals surface area contributed by atoms with Gasteiger partial charge in [0.1, 0.15) is 5.56 Å². The number of anilines is 1. The Balaban J connectivity index is 2.00. The van der Waals surface area contributed by atoms with E-state index < -0.39 is 39.5 Å². The van der Waals surface area contributed by atoms with Crippen LogP contribution in [0.25, 0.3) is 10.2 Å². The van der Waals surface area contributed by atoms with Crippen molar-refractivity contribution in [1.29, 1.82) is 0 Å². The zero-order valence-electron chi connectivity index (χ0n) is 12.1. The molecule has 25 heavy (non-hydrogen) atoms. The smallest absolute Gasteiger partial charge is 0.417 e. The molecule has 0 fully saturated rings. The lowest BCUT2D eigenvalue weighted by atomic mass is 10.1. The third-order valence-electron chi connectivity index (χ3n) is 3.35. The summed E-state index contributed by atoms with van der Waals surface area (Å²) in [5, 5.41) is 13.4. The Hall–Kier alpha value is -2.52. The van der Waals surface area contributed by atoms with E-state index in [1.165, 1.54) is 0 Å². The molecule has 0 aliphatic carbocycles. The Bertz CT molecular complexity index is 1040. The number of amides is 1. The molecular formula is C15H8ClF3N2O3S. The van der Waals surface area contributed by atoms with E-state index in [4.69, 9.17) is 11.6 Å². The molecule has 0 unspecified atom stereocenters. The molecule has 0 saturated carbocycles. The van der Waals surface area contributed by atoms with E-state index in [0.29, 0.717) is 11.6 Å². The Kier molecular flexibility index (Phi) is 4.21. The van der Waals surface area contributed by atoms with Crippen molar-refractivity contribution in [1.82, 2.24) is 4.98 Å². The van der Waals surface area contributed by atoms with Crippen molar-refractivity contribution in [2.24, 2.45) is 0 Å². The molecule has 5 nitrogen and oxygen atoms in total. The van der Waals surface area contributed by atoms with E-state index in [-0.39, 0.29) is 10.4 Å². The van der Waals surface area contributed by atoms with Crippen molar-refractivity contribution < 1.29 is 23.1 Å². The Labute approximate surface area is 146 Å². The summed E-state index contributed by atoms with van der Waals surface area (Å²) in [7, 11) is 0. The third-order valence-corrected chi connectivity index (χ3v) is 4.60. The van der Waals surface area contributed by atoms with Gasteiger partial charge in [-0.3, -0.25) is 9.59 Å². The van der Waals surface area contributed by atoms with Crippen LogP contribution in [-0.4, -0.2) is 16.0 Å². The number of aromatic amines is 1. The maximum atomic E-state index is 12.9. The molecule has 1 aromatic carbocycles. The SMILES string of the molecule is O=C(Nc1ccc(Cl)c(C(F)(F)F)c1)c1c(O)c2sccc2[nH]c1=O. The van der Waals surface area contributed by atoms with E-state index in [1.807, 2.05) is 0 Å². The second-order valence-electron chi connectivity index (χ2n) is 4.99. The summed E-state index contributed by atoms with van der Waals surface area (Å²) in [5.74, 6) is -1.57. The van der Waals surface area contributed by atoms with Gasteiger partial charge in [0.15, 0.2) is 5.75 Å². The standard InChI is InChI=1S/C15H8ClF3N2O3S/c16-8-2-1-6(5-7(8)15(17,18)19)20-13(23)10-11(22)12-9(3-4-25-12)21-14(10)24/h1-5H,(H,20,23)(H2,21,22,24). The zero-order valence-corrected chi connectivity index (χ0v) is 13.6. The number of aromatic nitrogens is 1. The summed E-state index contributed by atoms with van der Waals surface area (Å²) in [6.45, 7) is 0. The molecule has 2 heterocycles. The first kappa shape index (κ1) is 17.3. The number of rotatable bonds is 2. The average molecular weight is 389 g/mol. The molecule has 3 aromatic rings. The van der Waals surface area contributed by atoms with Gasteiger partial charge in [0.25, 0.3) is 11.5 Å². The molecule has 0 saturated heterocycles. The quantitative estimate of drug-likeness (QED) is 0.614. The Morgan fingerprint density at radius 1 is 1.28 bits per heavy atom. The highest BCUT2D eigenvalue weighted by molar-refractivity contribution is 7.17. The molecule has 2 aromatic heterocycles. The average Bonchev–Trinajstić information content (AvgIpc) is 2.96. The van der Waals surface area contributed by atoms with Gasteiger partial charge < -0.3 is 15.4 Å². The molecule has 130 valence electrons. The number of benzene rings is 1. The Morgan fingerprint density at radius 2 is 2.00 bits per heavy atom. The van der Waals surface area contributed by atoms with Gasteiger partial charge in [0, 0.05) is 5.69 Å². The highest BCUT2D eigenvalue weighted by Gasteiger charge is 2.33. The molecule has 3 N–H and O–H groups in total. The minimum absolute atomic E-state index is 0.216. The minimum atomic E-state index is -4.70. The summed E-state index contributed by atoms with van der Waals surface area (Å²) >= 11 is 6.61. The lowest BCUT2D eigenvalue weighted by molar-refractivity contribution is -0.137. The predicted molar refractivity (Wildman–Crippen MR) is 88.5 cm³/mol. The number of fused-ring (bicyclic) bond motifs is 1. The van der Waals surface area contributed by atoms with Gasteiger partial charge in [-0.1, -0.05) is 11.6 Å². The molecule has 0 bridgehead atoms. The van der Waals surface area contributed by atoms with Gasteiger partial charge >= 0.3 is 6.18 Å². The zero-order chi connectivity index (χ0) is 18.4. The Morgan fingerprint density at radius 3 is 2.68 bits per heavy atom. The third kappa shape index (κ3) is 3.20. The van der Waals surface area contributed by atoms with Gasteiger partial charge in [-0.25, -0.2) is 0 Å². The van der Waals surface area contributed by atoms with Crippen LogP contribution in [0.1, 0.15) is 15.9 Å². The summed E-state index contributed by atoms with van der Waals surface area (Å²) in [4.78, 5) is 26.7. The molecule has 10 heteroatoms. The molecular weight excluding hydrogens is 381 g/mol. The van der Waals surface area contributed by atoms with E-state index in [1.54, 1.807) is 11.4 Å². The molecule has 3 rings (SSSR count). The van der Waals surface area contributed by atoms with Crippen LogP contribution in [0.3, 0.4) is 0 Å². The molecule has 0 aliphatic rings. The van der Waals surface area contributed by atoms with Crippen molar-refractivity contribution >= 4 is 44.7 Å². The number of nitrogens with one attached hydrogen (secondary N) is 2. The lowest BCUT2D eigenvalue weighted by Gasteiger charge is -2.12. The van der Waals surface area contributed by atoms with E-state index in [2.05, 4.69) is 10.3 Å². The van der Waals surface area contributed by atoms with E-state index in [0.717, 1.165) is 23.5 Å². The van der Waals surface area contributed by atoms with Gasteiger partial charge in [-0.05, 0) is 29.6 Å². The maximum Gasteiger partial charge on any atom is 0.417 e. The normalized spacial score (nSPS) is 11.7. The fourth-order valence-corrected chi connectivity index (χ4v) is 3.25. The second kappa shape index (κ2) is 6.08. The van der Waals surface area contributed by atoms with Gasteiger partial charge in [-0.15, -0.1) is 11.3 Å². The van der Waals surface area contributed by atoms with Crippen molar-refractivity contribution in [2.45, 2.75) is 6.18 Å². The number of aromatic hydroxyl groups is 1. The first-order chi connectivity index (χ1) is 11.7. The highest BCUT2D eigenvalue weighted by atomic mass is 35.5. The van der Waals surface area contributed by atoms with Crippen LogP contribution in [0.15, 0.2) is 34.4 Å². The van der Waals surface area contributed by atoms with Crippen LogP contribution in [-0.2, 0) is 6.18 Å². The van der Waals surface area contributed by atoms with Crippen LogP contribution in [0.2, 0.25) is 5.02 Å². The van der Waals surface area contributed by atoms with E-state index in [9.17, 15) is 27.9 Å². The number of halogens is 4. The minimum Gasteiger partial charge on any atom is -0.505 e. The summed E-state index contributed by atoms with van der Waals surface area (Å²) in [6, 6.07) is 4.34. The topological polar surface area (TPSA) is 82.2 Å². The second-order valence-corrected chi connectivity index (χ2v) is 6.31. The summed E-state index contributed by atoms with van der Waals surface area (Å²) in [6.07, 6.45) is -4.70. The highest BCUT2D eigenvalue weighted by Crippen LogP contribution is 2.36. The molecule has 0 radical (unpaired) electrons. The first-order valence-corrected chi connectivity index (χ1v) is 7.95. The van der Waals surface area contributed by atoms with Gasteiger partial charge in [-0.2, -0.15) is 13.2 Å². The predicted octanol–water partition coefficient (Wildman–Crippen LogP) is 4.22. The number of pyridine rings is 1. The summed E-state index contributed by atoms with van der Waals surface area (Å²) in [5.41, 5.74) is -2.43. The van der Waals surface area contributed by atoms with Crippen LogP contribution >= 0.6 is 22.9 Å². The molecule has 0 spiro atoms. The molecule has 0 aliphatic heterocycles. The number of thiophene rings is 1. The van der Waals surface area contributed by atoms with Crippen LogP contribution in [0.5, 0.6) is 5.75 Å². The number of hydrogen-bond acceptors (Lipinski definition) is 4. The lowest BCUT2D eigenvalue weighted by Crippen LogP contribution is -2.23. The molecule has 0 atom stereocenters. The van der Waals surface area contributed by atoms with Crippen molar-refractivity contribution in [3.63, 3.8) is 0 Å². The van der Waals surface area contributed by atoms with E-state index >= 15 is 0 Å². The number of H-pyrrole nitrogens is 1. The number of carbonyl (C=O) groups excluding carboxylic acids is 1. The fourth-order valence-electron chi connectivity index (χ4n) is 2.22. The van der Waals surface area contributed by atoms with Crippen LogP contribution < -0.4 is 10.9 Å². The van der Waals surface area contributed by atoms with Crippen LogP contribution in [0.4, 0.5) is 18.9 Å². The fraction of sp³-hybridized carbons (Fsp3) is 0.0667. The number of hydrogen-bond donors (Lipinski definition) is 3. The molecule has 1 amide bonds. The summed E-state index contributed by atoms with van der Waals surface area (Å²) < 4.78 is 38.9. The first-order valence-electron chi connectivity index (χ1n) is 6.69. The number of carbonyl (C=O) groups is 1. The largest absolute Gasteiger partial charge is 0.505 e. The maximum absolute atomic E-state index is 12.9. The van der Waals surface area contributed by atoms with Gasteiger partial charge in [0.2, 0.25) is 0 Å². The number of alkyl halides is 3. The van der Waals surface area contributed by atoms with Crippen molar-refractivity contribution in [3.05, 3.63) is 56.1 Å².